The molecule has 0 aliphatic carbocycles. The Morgan fingerprint density at radius 1 is 0.963 bits per heavy atom. The third-order valence-corrected chi connectivity index (χ3v) is 6.57. The van der Waals surface area contributed by atoms with Crippen molar-refractivity contribution in [2.24, 2.45) is 0 Å². The molecule has 0 unspecified atom stereocenters. The molecular formula is C20H25N3O3S. The third kappa shape index (κ3) is 4.87. The number of rotatable bonds is 7. The van der Waals surface area contributed by atoms with Crippen LogP contribution in [-0.2, 0) is 21.2 Å². The maximum absolute atomic E-state index is 12.5. The first-order valence-corrected chi connectivity index (χ1v) is 10.7. The van der Waals surface area contributed by atoms with E-state index in [1.807, 2.05) is 24.3 Å². The van der Waals surface area contributed by atoms with Crippen LogP contribution in [0.1, 0.15) is 25.3 Å². The summed E-state index contributed by atoms with van der Waals surface area (Å²) >= 11 is 0. The lowest BCUT2D eigenvalue weighted by Gasteiger charge is -2.15. The summed E-state index contributed by atoms with van der Waals surface area (Å²) in [6.07, 6.45) is 2.79. The molecule has 2 aromatic carbocycles. The van der Waals surface area contributed by atoms with Gasteiger partial charge in [-0.05, 0) is 61.2 Å². The number of carbonyl (C=O) groups is 1. The van der Waals surface area contributed by atoms with Crippen LogP contribution in [0, 0.1) is 0 Å². The molecule has 0 spiro atoms. The van der Waals surface area contributed by atoms with Crippen molar-refractivity contribution in [3.63, 3.8) is 0 Å². The van der Waals surface area contributed by atoms with E-state index in [9.17, 15) is 13.2 Å². The van der Waals surface area contributed by atoms with Gasteiger partial charge in [-0.25, -0.2) is 8.42 Å². The molecule has 1 aliphatic rings. The molecule has 7 heteroatoms. The summed E-state index contributed by atoms with van der Waals surface area (Å²) in [5.74, 6) is -0.190. The van der Waals surface area contributed by atoms with Gasteiger partial charge in [-0.1, -0.05) is 19.1 Å². The number of nitrogens with one attached hydrogen (secondary N) is 2. The topological polar surface area (TPSA) is 78.5 Å². The highest BCUT2D eigenvalue weighted by molar-refractivity contribution is 7.89. The highest BCUT2D eigenvalue weighted by Gasteiger charge is 2.26. The minimum atomic E-state index is -3.43. The van der Waals surface area contributed by atoms with E-state index in [2.05, 4.69) is 17.6 Å². The number of carbonyl (C=O) groups excluding carboxylic acids is 1. The normalized spacial score (nSPS) is 14.9. The predicted molar refractivity (Wildman–Crippen MR) is 107 cm³/mol. The molecule has 2 N–H and O–H groups in total. The molecule has 0 radical (unpaired) electrons. The van der Waals surface area contributed by atoms with E-state index in [0.717, 1.165) is 24.9 Å². The van der Waals surface area contributed by atoms with Crippen LogP contribution >= 0.6 is 0 Å². The number of hydrogen-bond acceptors (Lipinski definition) is 4. The highest BCUT2D eigenvalue weighted by atomic mass is 32.2. The summed E-state index contributed by atoms with van der Waals surface area (Å²) in [5, 5.41) is 5.85. The number of aryl methyl sites for hydroxylation is 1. The van der Waals surface area contributed by atoms with Crippen LogP contribution in [0.3, 0.4) is 0 Å². The van der Waals surface area contributed by atoms with Gasteiger partial charge < -0.3 is 10.6 Å². The molecule has 0 saturated carbocycles. The Kier molecular flexibility index (Phi) is 6.13. The molecule has 1 saturated heterocycles. The van der Waals surface area contributed by atoms with Crippen LogP contribution in [0.25, 0.3) is 0 Å². The van der Waals surface area contributed by atoms with Crippen molar-refractivity contribution in [2.75, 3.05) is 30.3 Å². The van der Waals surface area contributed by atoms with Crippen molar-refractivity contribution in [3.8, 4) is 0 Å². The molecule has 144 valence electrons. The summed E-state index contributed by atoms with van der Waals surface area (Å²) < 4.78 is 26.5. The molecule has 3 rings (SSSR count). The molecule has 27 heavy (non-hydrogen) atoms. The van der Waals surface area contributed by atoms with E-state index in [1.54, 1.807) is 24.3 Å². The third-order valence-electron chi connectivity index (χ3n) is 4.66. The number of amides is 1. The predicted octanol–water partition coefficient (Wildman–Crippen LogP) is 3.08. The van der Waals surface area contributed by atoms with Gasteiger partial charge in [0.1, 0.15) is 0 Å². The van der Waals surface area contributed by atoms with Crippen LogP contribution in [-0.4, -0.2) is 38.3 Å². The molecule has 0 aromatic heterocycles. The SMILES string of the molecule is CCc1ccc(NCC(=O)Nc2ccc(S(=O)(=O)N3CCCC3)cc2)cc1. The molecule has 1 fully saturated rings. The zero-order valence-corrected chi connectivity index (χ0v) is 16.3. The summed E-state index contributed by atoms with van der Waals surface area (Å²) in [7, 11) is -3.43. The number of anilines is 2. The summed E-state index contributed by atoms with van der Waals surface area (Å²) in [6, 6.07) is 14.3. The lowest BCUT2D eigenvalue weighted by molar-refractivity contribution is -0.114. The largest absolute Gasteiger partial charge is 0.376 e. The lowest BCUT2D eigenvalue weighted by Crippen LogP contribution is -2.27. The summed E-state index contributed by atoms with van der Waals surface area (Å²) in [5.41, 5.74) is 2.70. The molecular weight excluding hydrogens is 362 g/mol. The minimum absolute atomic E-state index is 0.138. The zero-order valence-electron chi connectivity index (χ0n) is 15.4. The van der Waals surface area contributed by atoms with Crippen molar-refractivity contribution >= 4 is 27.3 Å². The van der Waals surface area contributed by atoms with E-state index in [4.69, 9.17) is 0 Å². The first-order valence-electron chi connectivity index (χ1n) is 9.22. The first kappa shape index (κ1) is 19.4. The van der Waals surface area contributed by atoms with Crippen LogP contribution in [0.5, 0.6) is 0 Å². The van der Waals surface area contributed by atoms with E-state index in [0.29, 0.717) is 18.8 Å². The fourth-order valence-corrected chi connectivity index (χ4v) is 4.55. The maximum atomic E-state index is 12.5. The average Bonchev–Trinajstić information content (AvgIpc) is 3.23. The summed E-state index contributed by atoms with van der Waals surface area (Å²) in [6.45, 7) is 3.38. The second-order valence-electron chi connectivity index (χ2n) is 6.59. The standard InChI is InChI=1S/C20H25N3O3S/c1-2-16-5-7-17(8-6-16)21-15-20(24)22-18-9-11-19(12-10-18)27(25,26)23-13-3-4-14-23/h5-12,21H,2-4,13-15H2,1H3,(H,22,24). The van der Waals surface area contributed by atoms with Gasteiger partial charge >= 0.3 is 0 Å². The van der Waals surface area contributed by atoms with Gasteiger partial charge in [-0.2, -0.15) is 4.31 Å². The van der Waals surface area contributed by atoms with Crippen molar-refractivity contribution in [1.29, 1.82) is 0 Å². The van der Waals surface area contributed by atoms with Crippen LogP contribution in [0.15, 0.2) is 53.4 Å². The number of sulfonamides is 1. The van der Waals surface area contributed by atoms with Gasteiger partial charge in [-0.3, -0.25) is 4.79 Å². The van der Waals surface area contributed by atoms with Gasteiger partial charge in [0, 0.05) is 24.5 Å². The molecule has 2 aromatic rings. The van der Waals surface area contributed by atoms with Crippen molar-refractivity contribution in [1.82, 2.24) is 4.31 Å². The van der Waals surface area contributed by atoms with Crippen LogP contribution in [0.2, 0.25) is 0 Å². The second kappa shape index (κ2) is 8.54. The van der Waals surface area contributed by atoms with E-state index >= 15 is 0 Å². The van der Waals surface area contributed by atoms with E-state index in [1.165, 1.54) is 9.87 Å². The van der Waals surface area contributed by atoms with Gasteiger partial charge in [0.25, 0.3) is 0 Å². The summed E-state index contributed by atoms with van der Waals surface area (Å²) in [4.78, 5) is 12.4. The smallest absolute Gasteiger partial charge is 0.243 e. The van der Waals surface area contributed by atoms with Crippen LogP contribution in [0.4, 0.5) is 11.4 Å². The highest BCUT2D eigenvalue weighted by Crippen LogP contribution is 2.22. The lowest BCUT2D eigenvalue weighted by atomic mass is 10.1. The molecule has 1 amide bonds. The Morgan fingerprint density at radius 3 is 2.15 bits per heavy atom. The molecule has 1 aliphatic heterocycles. The first-order chi connectivity index (χ1) is 13.0. The second-order valence-corrected chi connectivity index (χ2v) is 8.53. The molecule has 6 nitrogen and oxygen atoms in total. The van der Waals surface area contributed by atoms with Gasteiger partial charge in [-0.15, -0.1) is 0 Å². The Labute approximate surface area is 160 Å². The van der Waals surface area contributed by atoms with Crippen LogP contribution < -0.4 is 10.6 Å². The van der Waals surface area contributed by atoms with Gasteiger partial charge in [0.05, 0.1) is 11.4 Å². The average molecular weight is 388 g/mol. The Hall–Kier alpha value is -2.38. The monoisotopic (exact) mass is 387 g/mol. The fraction of sp³-hybridized carbons (Fsp3) is 0.350. The van der Waals surface area contributed by atoms with E-state index in [-0.39, 0.29) is 17.3 Å². The Morgan fingerprint density at radius 2 is 1.56 bits per heavy atom. The quantitative estimate of drug-likeness (QED) is 0.765. The maximum Gasteiger partial charge on any atom is 0.243 e. The number of hydrogen-bond donors (Lipinski definition) is 2. The van der Waals surface area contributed by atoms with E-state index < -0.39 is 10.0 Å². The Balaban J connectivity index is 1.55. The fourth-order valence-electron chi connectivity index (χ4n) is 3.03. The number of nitrogens with zero attached hydrogens (tertiary/aromatic N) is 1. The van der Waals surface area contributed by atoms with Gasteiger partial charge in [0.15, 0.2) is 0 Å². The minimum Gasteiger partial charge on any atom is -0.376 e. The van der Waals surface area contributed by atoms with Crippen molar-refractivity contribution in [2.45, 2.75) is 31.1 Å². The number of benzene rings is 2. The van der Waals surface area contributed by atoms with Crippen molar-refractivity contribution < 1.29 is 13.2 Å². The molecule has 1 heterocycles. The van der Waals surface area contributed by atoms with Crippen molar-refractivity contribution in [3.05, 3.63) is 54.1 Å². The molecule has 0 atom stereocenters. The van der Waals surface area contributed by atoms with Gasteiger partial charge in [0.2, 0.25) is 15.9 Å². The zero-order chi connectivity index (χ0) is 19.3. The molecule has 0 bridgehead atoms. The Bertz CT molecular complexity index is 872.